The molecule has 1 aliphatic rings. The molecule has 0 bridgehead atoms. The monoisotopic (exact) mass is 281 g/mol. The molecule has 0 unspecified atom stereocenters. The molecule has 20 heavy (non-hydrogen) atoms. The third kappa shape index (κ3) is 2.93. The van der Waals surface area contributed by atoms with Gasteiger partial charge in [-0.3, -0.25) is 14.9 Å². The van der Waals surface area contributed by atoms with Gasteiger partial charge in [-0.1, -0.05) is 0 Å². The number of nitro groups is 1. The van der Waals surface area contributed by atoms with E-state index in [9.17, 15) is 19.3 Å². The van der Waals surface area contributed by atoms with E-state index in [-0.39, 0.29) is 5.56 Å². The third-order valence-corrected chi connectivity index (χ3v) is 3.58. The van der Waals surface area contributed by atoms with Crippen LogP contribution in [0, 0.1) is 15.9 Å². The average Bonchev–Trinajstić information content (AvgIpc) is 2.46. The SMILES string of the molecule is CNC1CCN(C(=O)c2ccc(F)cc2[N+](=O)[O-])CC1. The van der Waals surface area contributed by atoms with Crippen LogP contribution in [0.5, 0.6) is 0 Å². The van der Waals surface area contributed by atoms with Gasteiger partial charge in [0.1, 0.15) is 11.4 Å². The van der Waals surface area contributed by atoms with Crippen molar-refractivity contribution in [3.63, 3.8) is 0 Å². The van der Waals surface area contributed by atoms with Crippen molar-refractivity contribution in [3.05, 3.63) is 39.7 Å². The van der Waals surface area contributed by atoms with Gasteiger partial charge in [-0.15, -0.1) is 0 Å². The lowest BCUT2D eigenvalue weighted by atomic mass is 10.0. The van der Waals surface area contributed by atoms with Crippen LogP contribution in [-0.4, -0.2) is 41.9 Å². The molecule has 0 aliphatic carbocycles. The zero-order valence-electron chi connectivity index (χ0n) is 11.1. The molecule has 0 radical (unpaired) electrons. The average molecular weight is 281 g/mol. The number of carbonyl (C=O) groups is 1. The number of carbonyl (C=O) groups excluding carboxylic acids is 1. The van der Waals surface area contributed by atoms with Crippen molar-refractivity contribution >= 4 is 11.6 Å². The lowest BCUT2D eigenvalue weighted by Crippen LogP contribution is -2.44. The topological polar surface area (TPSA) is 75.5 Å². The maximum Gasteiger partial charge on any atom is 0.285 e. The van der Waals surface area contributed by atoms with E-state index >= 15 is 0 Å². The van der Waals surface area contributed by atoms with Crippen molar-refractivity contribution < 1.29 is 14.1 Å². The summed E-state index contributed by atoms with van der Waals surface area (Å²) in [7, 11) is 1.87. The maximum absolute atomic E-state index is 13.1. The van der Waals surface area contributed by atoms with E-state index in [1.807, 2.05) is 7.05 Å². The minimum Gasteiger partial charge on any atom is -0.338 e. The maximum atomic E-state index is 13.1. The Morgan fingerprint density at radius 2 is 2.10 bits per heavy atom. The van der Waals surface area contributed by atoms with Crippen molar-refractivity contribution in [2.45, 2.75) is 18.9 Å². The summed E-state index contributed by atoms with van der Waals surface area (Å²) >= 11 is 0. The highest BCUT2D eigenvalue weighted by atomic mass is 19.1. The standard InChI is InChI=1S/C13H16FN3O3/c1-15-10-4-6-16(7-5-10)13(18)11-3-2-9(14)8-12(11)17(19)20/h2-3,8,10,15H,4-7H2,1H3. The molecule has 0 spiro atoms. The van der Waals surface area contributed by atoms with Crippen LogP contribution in [0.25, 0.3) is 0 Å². The molecular formula is C13H16FN3O3. The molecule has 1 saturated heterocycles. The van der Waals surface area contributed by atoms with Crippen LogP contribution in [-0.2, 0) is 0 Å². The van der Waals surface area contributed by atoms with Gasteiger partial charge in [-0.05, 0) is 32.0 Å². The second kappa shape index (κ2) is 5.96. The fourth-order valence-electron chi connectivity index (χ4n) is 2.38. The first-order chi connectivity index (χ1) is 9.52. The molecule has 108 valence electrons. The van der Waals surface area contributed by atoms with Crippen molar-refractivity contribution in [1.82, 2.24) is 10.2 Å². The summed E-state index contributed by atoms with van der Waals surface area (Å²) in [6.45, 7) is 1.08. The third-order valence-electron chi connectivity index (χ3n) is 3.58. The van der Waals surface area contributed by atoms with Gasteiger partial charge in [-0.25, -0.2) is 4.39 Å². The zero-order valence-corrected chi connectivity index (χ0v) is 11.1. The van der Waals surface area contributed by atoms with E-state index in [1.54, 1.807) is 4.90 Å². The number of hydrogen-bond donors (Lipinski definition) is 1. The first-order valence-electron chi connectivity index (χ1n) is 6.43. The summed E-state index contributed by atoms with van der Waals surface area (Å²) in [5, 5.41) is 14.1. The smallest absolute Gasteiger partial charge is 0.285 e. The van der Waals surface area contributed by atoms with Crippen LogP contribution in [0.15, 0.2) is 18.2 Å². The van der Waals surface area contributed by atoms with Gasteiger partial charge in [-0.2, -0.15) is 0 Å². The number of likely N-dealkylation sites (tertiary alicyclic amines) is 1. The molecule has 0 aromatic heterocycles. The highest BCUT2D eigenvalue weighted by Gasteiger charge is 2.28. The Morgan fingerprint density at radius 1 is 1.45 bits per heavy atom. The molecule has 1 aromatic carbocycles. The van der Waals surface area contributed by atoms with Crippen LogP contribution >= 0.6 is 0 Å². The molecule has 0 saturated carbocycles. The van der Waals surface area contributed by atoms with E-state index in [0.717, 1.165) is 25.0 Å². The Bertz CT molecular complexity index is 528. The van der Waals surface area contributed by atoms with Gasteiger partial charge in [0.15, 0.2) is 0 Å². The van der Waals surface area contributed by atoms with E-state index in [0.29, 0.717) is 19.1 Å². The van der Waals surface area contributed by atoms with Crippen molar-refractivity contribution in [1.29, 1.82) is 0 Å². The fraction of sp³-hybridized carbons (Fsp3) is 0.462. The van der Waals surface area contributed by atoms with E-state index < -0.39 is 22.3 Å². The molecule has 0 atom stereocenters. The summed E-state index contributed by atoms with van der Waals surface area (Å²) in [4.78, 5) is 24.1. The number of nitrogens with one attached hydrogen (secondary N) is 1. The molecule has 2 rings (SSSR count). The lowest BCUT2D eigenvalue weighted by Gasteiger charge is -2.31. The van der Waals surface area contributed by atoms with Gasteiger partial charge in [0, 0.05) is 19.1 Å². The molecule has 1 amide bonds. The lowest BCUT2D eigenvalue weighted by molar-refractivity contribution is -0.385. The number of benzene rings is 1. The van der Waals surface area contributed by atoms with Crippen LogP contribution in [0.1, 0.15) is 23.2 Å². The molecule has 6 nitrogen and oxygen atoms in total. The van der Waals surface area contributed by atoms with Gasteiger partial charge >= 0.3 is 0 Å². The number of hydrogen-bond acceptors (Lipinski definition) is 4. The molecule has 1 aromatic rings. The normalized spacial score (nSPS) is 16.2. The molecule has 1 fully saturated rings. The predicted octanol–water partition coefficient (Wildman–Crippen LogP) is 1.56. The number of rotatable bonds is 3. The number of amides is 1. The summed E-state index contributed by atoms with van der Waals surface area (Å²) in [5.41, 5.74) is -0.537. The van der Waals surface area contributed by atoms with Gasteiger partial charge in [0.2, 0.25) is 0 Å². The summed E-state index contributed by atoms with van der Waals surface area (Å²) in [6.07, 6.45) is 1.61. The van der Waals surface area contributed by atoms with Crippen molar-refractivity contribution in [3.8, 4) is 0 Å². The molecule has 7 heteroatoms. The van der Waals surface area contributed by atoms with Gasteiger partial charge in [0.05, 0.1) is 11.0 Å². The summed E-state index contributed by atoms with van der Waals surface area (Å²) in [6, 6.07) is 3.40. The molecule has 1 aliphatic heterocycles. The van der Waals surface area contributed by atoms with Crippen LogP contribution < -0.4 is 5.32 Å². The first-order valence-corrected chi connectivity index (χ1v) is 6.43. The van der Waals surface area contributed by atoms with Crippen molar-refractivity contribution in [2.75, 3.05) is 20.1 Å². The Hall–Kier alpha value is -2.02. The highest BCUT2D eigenvalue weighted by molar-refractivity contribution is 5.98. The predicted molar refractivity (Wildman–Crippen MR) is 71.0 cm³/mol. The van der Waals surface area contributed by atoms with Gasteiger partial charge < -0.3 is 10.2 Å². The van der Waals surface area contributed by atoms with E-state index in [2.05, 4.69) is 5.32 Å². The minimum absolute atomic E-state index is 0.0562. The number of nitro benzene ring substituents is 1. The first kappa shape index (κ1) is 14.4. The summed E-state index contributed by atoms with van der Waals surface area (Å²) in [5.74, 6) is -1.13. The van der Waals surface area contributed by atoms with E-state index in [1.165, 1.54) is 6.07 Å². The molecular weight excluding hydrogens is 265 g/mol. The fourth-order valence-corrected chi connectivity index (χ4v) is 2.38. The highest BCUT2D eigenvalue weighted by Crippen LogP contribution is 2.23. The number of halogens is 1. The Balaban J connectivity index is 2.19. The molecule has 1 heterocycles. The number of nitrogens with zero attached hydrogens (tertiary/aromatic N) is 2. The van der Waals surface area contributed by atoms with E-state index in [4.69, 9.17) is 0 Å². The Morgan fingerprint density at radius 3 is 2.65 bits per heavy atom. The second-order valence-electron chi connectivity index (χ2n) is 4.77. The molecule has 1 N–H and O–H groups in total. The zero-order chi connectivity index (χ0) is 14.7. The van der Waals surface area contributed by atoms with Crippen LogP contribution in [0.2, 0.25) is 0 Å². The van der Waals surface area contributed by atoms with Crippen molar-refractivity contribution in [2.24, 2.45) is 0 Å². The quantitative estimate of drug-likeness (QED) is 0.674. The van der Waals surface area contributed by atoms with Crippen LogP contribution in [0.3, 0.4) is 0 Å². The minimum atomic E-state index is -0.726. The van der Waals surface area contributed by atoms with Gasteiger partial charge in [0.25, 0.3) is 11.6 Å². The second-order valence-corrected chi connectivity index (χ2v) is 4.77. The number of piperidine rings is 1. The van der Waals surface area contributed by atoms with Crippen LogP contribution in [0.4, 0.5) is 10.1 Å². The summed E-state index contributed by atoms with van der Waals surface area (Å²) < 4.78 is 13.1. The Kier molecular flexibility index (Phi) is 4.29. The largest absolute Gasteiger partial charge is 0.338 e. The Labute approximate surface area is 115 Å².